The molecule has 6 nitrogen and oxygen atoms in total. The van der Waals surface area contributed by atoms with Crippen LogP contribution >= 0.6 is 0 Å². The Morgan fingerprint density at radius 3 is 3.00 bits per heavy atom. The number of H-pyrrole nitrogens is 1. The highest BCUT2D eigenvalue weighted by atomic mass is 19.1. The Morgan fingerprint density at radius 1 is 1.43 bits per heavy atom. The molecule has 21 heavy (non-hydrogen) atoms. The molecule has 0 aliphatic heterocycles. The summed E-state index contributed by atoms with van der Waals surface area (Å²) < 4.78 is 18.7. The molecule has 1 atom stereocenters. The van der Waals surface area contributed by atoms with Gasteiger partial charge in [0, 0.05) is 23.9 Å². The second kappa shape index (κ2) is 5.45. The molecule has 0 amide bonds. The van der Waals surface area contributed by atoms with Gasteiger partial charge in [0.15, 0.2) is 0 Å². The Balaban J connectivity index is 1.80. The molecule has 7 heteroatoms. The van der Waals surface area contributed by atoms with Crippen molar-refractivity contribution >= 4 is 0 Å². The van der Waals surface area contributed by atoms with Crippen molar-refractivity contribution in [1.82, 2.24) is 20.1 Å². The van der Waals surface area contributed by atoms with Crippen molar-refractivity contribution in [2.45, 2.75) is 19.4 Å². The van der Waals surface area contributed by atoms with Crippen LogP contribution in [0.2, 0.25) is 0 Å². The maximum Gasteiger partial charge on any atom is 0.244 e. The lowest BCUT2D eigenvalue weighted by Gasteiger charge is -2.03. The van der Waals surface area contributed by atoms with Crippen LogP contribution in [0.1, 0.15) is 23.2 Å². The van der Waals surface area contributed by atoms with Gasteiger partial charge in [0.1, 0.15) is 5.82 Å². The first kappa shape index (κ1) is 13.4. The van der Waals surface area contributed by atoms with Crippen molar-refractivity contribution in [3.63, 3.8) is 0 Å². The zero-order chi connectivity index (χ0) is 14.8. The topological polar surface area (TPSA) is 93.6 Å². The first-order chi connectivity index (χ1) is 10.1. The number of aryl methyl sites for hydroxylation is 1. The Kier molecular flexibility index (Phi) is 3.49. The van der Waals surface area contributed by atoms with E-state index >= 15 is 0 Å². The molecule has 3 aromatic rings. The third kappa shape index (κ3) is 2.82. The molecule has 1 aromatic carbocycles. The van der Waals surface area contributed by atoms with E-state index in [9.17, 15) is 4.39 Å². The van der Waals surface area contributed by atoms with E-state index in [0.29, 0.717) is 29.3 Å². The number of nitrogens with zero attached hydrogens (tertiary/aromatic N) is 3. The number of hydrogen-bond acceptors (Lipinski definition) is 5. The van der Waals surface area contributed by atoms with Crippen molar-refractivity contribution in [2.75, 3.05) is 0 Å². The van der Waals surface area contributed by atoms with Crippen molar-refractivity contribution in [3.8, 4) is 11.4 Å². The third-order valence-corrected chi connectivity index (χ3v) is 3.18. The molecule has 0 saturated carbocycles. The quantitative estimate of drug-likeness (QED) is 0.766. The number of rotatable bonds is 4. The van der Waals surface area contributed by atoms with Gasteiger partial charge < -0.3 is 15.2 Å². The molecule has 0 radical (unpaired) electrons. The van der Waals surface area contributed by atoms with E-state index in [1.807, 2.05) is 0 Å². The van der Waals surface area contributed by atoms with E-state index in [4.69, 9.17) is 10.3 Å². The van der Waals surface area contributed by atoms with Gasteiger partial charge in [0.2, 0.25) is 11.7 Å². The minimum Gasteiger partial charge on any atom is -0.348 e. The van der Waals surface area contributed by atoms with Gasteiger partial charge in [0.25, 0.3) is 0 Å². The van der Waals surface area contributed by atoms with Crippen LogP contribution in [0.5, 0.6) is 0 Å². The average Bonchev–Trinajstić information content (AvgIpc) is 3.12. The SMILES string of the molecule is Cc1ccc(-c2noc([C@@H](N)Cc3cnc[nH]3)n2)cc1F. The number of halogens is 1. The summed E-state index contributed by atoms with van der Waals surface area (Å²) in [7, 11) is 0. The highest BCUT2D eigenvalue weighted by Gasteiger charge is 2.17. The van der Waals surface area contributed by atoms with Crippen LogP contribution in [0.15, 0.2) is 35.2 Å². The second-order valence-corrected chi connectivity index (χ2v) is 4.81. The summed E-state index contributed by atoms with van der Waals surface area (Å²) in [4.78, 5) is 11.1. The van der Waals surface area contributed by atoms with Crippen LogP contribution in [-0.2, 0) is 6.42 Å². The second-order valence-electron chi connectivity index (χ2n) is 4.81. The number of nitrogens with one attached hydrogen (secondary N) is 1. The zero-order valence-electron chi connectivity index (χ0n) is 11.4. The maximum absolute atomic E-state index is 13.6. The molecule has 0 bridgehead atoms. The van der Waals surface area contributed by atoms with E-state index < -0.39 is 6.04 Å². The number of aromatic nitrogens is 4. The number of imidazole rings is 1. The van der Waals surface area contributed by atoms with Crippen molar-refractivity contribution in [3.05, 3.63) is 53.7 Å². The smallest absolute Gasteiger partial charge is 0.244 e. The monoisotopic (exact) mass is 287 g/mol. The summed E-state index contributed by atoms with van der Waals surface area (Å²) in [6.07, 6.45) is 3.77. The van der Waals surface area contributed by atoms with E-state index in [-0.39, 0.29) is 5.82 Å². The van der Waals surface area contributed by atoms with Gasteiger partial charge in [-0.25, -0.2) is 9.37 Å². The van der Waals surface area contributed by atoms with Gasteiger partial charge in [-0.1, -0.05) is 17.3 Å². The first-order valence-corrected chi connectivity index (χ1v) is 6.46. The molecular weight excluding hydrogens is 273 g/mol. The normalized spacial score (nSPS) is 12.5. The summed E-state index contributed by atoms with van der Waals surface area (Å²) in [5, 5.41) is 3.85. The minimum absolute atomic E-state index is 0.305. The molecule has 0 unspecified atom stereocenters. The van der Waals surface area contributed by atoms with Crippen LogP contribution in [0.4, 0.5) is 4.39 Å². The van der Waals surface area contributed by atoms with Crippen molar-refractivity contribution < 1.29 is 8.91 Å². The summed E-state index contributed by atoms with van der Waals surface area (Å²) >= 11 is 0. The van der Waals surface area contributed by atoms with Gasteiger partial charge in [-0.3, -0.25) is 0 Å². The fraction of sp³-hybridized carbons (Fsp3) is 0.214. The summed E-state index contributed by atoms with van der Waals surface area (Å²) in [5.41, 5.74) is 8.02. The van der Waals surface area contributed by atoms with E-state index in [1.54, 1.807) is 31.6 Å². The zero-order valence-corrected chi connectivity index (χ0v) is 11.4. The Morgan fingerprint density at radius 2 is 2.29 bits per heavy atom. The number of hydrogen-bond donors (Lipinski definition) is 2. The molecular formula is C14H14FN5O. The minimum atomic E-state index is -0.443. The molecule has 0 fully saturated rings. The molecule has 0 aliphatic carbocycles. The van der Waals surface area contributed by atoms with Crippen LogP contribution < -0.4 is 5.73 Å². The lowest BCUT2D eigenvalue weighted by Crippen LogP contribution is -2.14. The lowest BCUT2D eigenvalue weighted by molar-refractivity contribution is 0.354. The molecule has 2 heterocycles. The van der Waals surface area contributed by atoms with E-state index in [2.05, 4.69) is 20.1 Å². The summed E-state index contributed by atoms with van der Waals surface area (Å²) in [6, 6.07) is 4.35. The molecule has 0 saturated heterocycles. The molecule has 3 N–H and O–H groups in total. The highest BCUT2D eigenvalue weighted by Crippen LogP contribution is 2.21. The Hall–Kier alpha value is -2.54. The van der Waals surface area contributed by atoms with Crippen LogP contribution in [0, 0.1) is 12.7 Å². The highest BCUT2D eigenvalue weighted by molar-refractivity contribution is 5.55. The van der Waals surface area contributed by atoms with Crippen molar-refractivity contribution in [2.24, 2.45) is 5.73 Å². The standard InChI is InChI=1S/C14H14FN5O/c1-8-2-3-9(4-11(8)15)13-19-14(21-20-13)12(16)5-10-6-17-7-18-10/h2-4,6-7,12H,5,16H2,1H3,(H,17,18)/t12-/m0/s1. The molecule has 3 rings (SSSR count). The summed E-state index contributed by atoms with van der Waals surface area (Å²) in [6.45, 7) is 1.70. The third-order valence-electron chi connectivity index (χ3n) is 3.18. The Labute approximate surface area is 120 Å². The van der Waals surface area contributed by atoms with Gasteiger partial charge in [0.05, 0.1) is 12.4 Å². The summed E-state index contributed by atoms with van der Waals surface area (Å²) in [5.74, 6) is 0.324. The van der Waals surface area contributed by atoms with Crippen molar-refractivity contribution in [1.29, 1.82) is 0 Å². The molecule has 108 valence electrons. The number of benzene rings is 1. The number of nitrogens with two attached hydrogens (primary N) is 1. The molecule has 2 aromatic heterocycles. The van der Waals surface area contributed by atoms with E-state index in [1.165, 1.54) is 6.07 Å². The van der Waals surface area contributed by atoms with Gasteiger partial charge in [-0.2, -0.15) is 4.98 Å². The fourth-order valence-corrected chi connectivity index (χ4v) is 1.96. The van der Waals surface area contributed by atoms with E-state index in [0.717, 1.165) is 5.69 Å². The fourth-order valence-electron chi connectivity index (χ4n) is 1.96. The van der Waals surface area contributed by atoms with Crippen LogP contribution in [0.3, 0.4) is 0 Å². The first-order valence-electron chi connectivity index (χ1n) is 6.46. The van der Waals surface area contributed by atoms with Gasteiger partial charge >= 0.3 is 0 Å². The largest absolute Gasteiger partial charge is 0.348 e. The molecule has 0 aliphatic rings. The van der Waals surface area contributed by atoms with Gasteiger partial charge in [-0.15, -0.1) is 0 Å². The van der Waals surface area contributed by atoms with Crippen LogP contribution in [-0.4, -0.2) is 20.1 Å². The maximum atomic E-state index is 13.6. The molecule has 0 spiro atoms. The predicted octanol–water partition coefficient (Wildman–Crippen LogP) is 2.15. The van der Waals surface area contributed by atoms with Gasteiger partial charge in [-0.05, 0) is 18.6 Å². The number of aromatic amines is 1. The predicted molar refractivity (Wildman–Crippen MR) is 73.6 cm³/mol. The lowest BCUT2D eigenvalue weighted by atomic mass is 10.1. The average molecular weight is 287 g/mol. The van der Waals surface area contributed by atoms with Crippen LogP contribution in [0.25, 0.3) is 11.4 Å². The Bertz CT molecular complexity index is 738.